The second-order valence-electron chi connectivity index (χ2n) is 4.91. The van der Waals surface area contributed by atoms with E-state index < -0.39 is 0 Å². The lowest BCUT2D eigenvalue weighted by Gasteiger charge is -2.09. The number of amides is 1. The summed E-state index contributed by atoms with van der Waals surface area (Å²) in [5, 5.41) is 3.98. The maximum Gasteiger partial charge on any atom is 0.271 e. The summed E-state index contributed by atoms with van der Waals surface area (Å²) < 4.78 is 10.7. The maximum atomic E-state index is 11.9. The van der Waals surface area contributed by atoms with Crippen LogP contribution in [0.3, 0.4) is 0 Å². The standard InChI is InChI=1S/C18H20N2O3/c1-4-23-17-11-14(7-10-16(17)22-3)12-19-20-18(21)15-8-5-13(2)6-9-15/h5-12H,4H2,1-3H3,(H,20,21)/b19-12+. The molecule has 0 bridgehead atoms. The van der Waals surface area contributed by atoms with Gasteiger partial charge in [0.1, 0.15) is 0 Å². The van der Waals surface area contributed by atoms with E-state index in [1.165, 1.54) is 0 Å². The highest BCUT2D eigenvalue weighted by atomic mass is 16.5. The number of ether oxygens (including phenoxy) is 2. The Hall–Kier alpha value is -2.82. The first-order valence-electron chi connectivity index (χ1n) is 7.35. The Balaban J connectivity index is 2.03. The van der Waals surface area contributed by atoms with Crippen molar-refractivity contribution in [3.63, 3.8) is 0 Å². The fourth-order valence-electron chi connectivity index (χ4n) is 1.98. The van der Waals surface area contributed by atoms with Gasteiger partial charge < -0.3 is 9.47 Å². The zero-order valence-corrected chi connectivity index (χ0v) is 13.5. The highest BCUT2D eigenvalue weighted by Crippen LogP contribution is 2.27. The van der Waals surface area contributed by atoms with Crippen molar-refractivity contribution in [2.45, 2.75) is 13.8 Å². The van der Waals surface area contributed by atoms with E-state index in [4.69, 9.17) is 9.47 Å². The second-order valence-corrected chi connectivity index (χ2v) is 4.91. The summed E-state index contributed by atoms with van der Waals surface area (Å²) in [6.45, 7) is 4.42. The lowest BCUT2D eigenvalue weighted by atomic mass is 10.1. The highest BCUT2D eigenvalue weighted by Gasteiger charge is 2.05. The van der Waals surface area contributed by atoms with Crippen molar-refractivity contribution >= 4 is 12.1 Å². The summed E-state index contributed by atoms with van der Waals surface area (Å²) in [6.07, 6.45) is 1.56. The van der Waals surface area contributed by atoms with Gasteiger partial charge in [-0.2, -0.15) is 5.10 Å². The van der Waals surface area contributed by atoms with Crippen LogP contribution in [0, 0.1) is 6.92 Å². The molecule has 120 valence electrons. The predicted molar refractivity (Wildman–Crippen MR) is 90.4 cm³/mol. The Morgan fingerprint density at radius 3 is 2.57 bits per heavy atom. The molecule has 23 heavy (non-hydrogen) atoms. The Bertz CT molecular complexity index is 694. The average Bonchev–Trinajstić information content (AvgIpc) is 2.56. The van der Waals surface area contributed by atoms with Gasteiger partial charge >= 0.3 is 0 Å². The minimum Gasteiger partial charge on any atom is -0.493 e. The molecule has 0 aliphatic rings. The molecule has 0 aromatic heterocycles. The van der Waals surface area contributed by atoms with E-state index in [0.29, 0.717) is 23.7 Å². The quantitative estimate of drug-likeness (QED) is 0.658. The van der Waals surface area contributed by atoms with E-state index in [2.05, 4.69) is 10.5 Å². The number of aryl methyl sites for hydroxylation is 1. The van der Waals surface area contributed by atoms with Gasteiger partial charge in [0, 0.05) is 5.56 Å². The van der Waals surface area contributed by atoms with Crippen LogP contribution in [0.2, 0.25) is 0 Å². The van der Waals surface area contributed by atoms with E-state index >= 15 is 0 Å². The molecule has 0 spiro atoms. The molecule has 0 saturated carbocycles. The number of nitrogens with zero attached hydrogens (tertiary/aromatic N) is 1. The van der Waals surface area contributed by atoms with Crippen LogP contribution in [-0.2, 0) is 0 Å². The number of hydrazone groups is 1. The summed E-state index contributed by atoms with van der Waals surface area (Å²) in [5.41, 5.74) is 4.98. The third-order valence-electron chi connectivity index (χ3n) is 3.18. The zero-order valence-electron chi connectivity index (χ0n) is 13.5. The van der Waals surface area contributed by atoms with Crippen LogP contribution in [0.4, 0.5) is 0 Å². The first-order chi connectivity index (χ1) is 11.1. The van der Waals surface area contributed by atoms with Crippen molar-refractivity contribution < 1.29 is 14.3 Å². The molecule has 1 N–H and O–H groups in total. The molecule has 0 radical (unpaired) electrons. The van der Waals surface area contributed by atoms with Gasteiger partial charge in [-0.15, -0.1) is 0 Å². The largest absolute Gasteiger partial charge is 0.493 e. The highest BCUT2D eigenvalue weighted by molar-refractivity contribution is 5.94. The number of benzene rings is 2. The Morgan fingerprint density at radius 2 is 1.91 bits per heavy atom. The molecule has 5 heteroatoms. The normalized spacial score (nSPS) is 10.6. The lowest BCUT2D eigenvalue weighted by molar-refractivity contribution is 0.0955. The second kappa shape index (κ2) is 7.98. The smallest absolute Gasteiger partial charge is 0.271 e. The topological polar surface area (TPSA) is 59.9 Å². The molecule has 0 unspecified atom stereocenters. The number of methoxy groups -OCH3 is 1. The number of hydrogen-bond acceptors (Lipinski definition) is 4. The average molecular weight is 312 g/mol. The van der Waals surface area contributed by atoms with Gasteiger partial charge in [-0.1, -0.05) is 17.7 Å². The minimum absolute atomic E-state index is 0.250. The summed E-state index contributed by atoms with van der Waals surface area (Å²) >= 11 is 0. The predicted octanol–water partition coefficient (Wildman–Crippen LogP) is 3.17. The van der Waals surface area contributed by atoms with Gasteiger partial charge in [-0.05, 0) is 49.7 Å². The molecule has 0 aliphatic carbocycles. The van der Waals surface area contributed by atoms with E-state index in [-0.39, 0.29) is 5.91 Å². The zero-order chi connectivity index (χ0) is 16.7. The molecule has 0 fully saturated rings. The Morgan fingerprint density at radius 1 is 1.17 bits per heavy atom. The van der Waals surface area contributed by atoms with Gasteiger partial charge in [-0.25, -0.2) is 5.43 Å². The van der Waals surface area contributed by atoms with Crippen LogP contribution in [0.1, 0.15) is 28.4 Å². The van der Waals surface area contributed by atoms with Crippen molar-refractivity contribution in [3.8, 4) is 11.5 Å². The first-order valence-corrected chi connectivity index (χ1v) is 7.35. The van der Waals surface area contributed by atoms with E-state index in [1.54, 1.807) is 31.5 Å². The monoisotopic (exact) mass is 312 g/mol. The molecule has 0 heterocycles. The van der Waals surface area contributed by atoms with Crippen LogP contribution < -0.4 is 14.9 Å². The van der Waals surface area contributed by atoms with Crippen LogP contribution in [0.25, 0.3) is 0 Å². The van der Waals surface area contributed by atoms with Crippen LogP contribution >= 0.6 is 0 Å². The number of carbonyl (C=O) groups is 1. The summed E-state index contributed by atoms with van der Waals surface area (Å²) in [6, 6.07) is 12.7. The molecule has 2 rings (SSSR count). The third kappa shape index (κ3) is 4.57. The minimum atomic E-state index is -0.250. The maximum absolute atomic E-state index is 11.9. The van der Waals surface area contributed by atoms with Crippen molar-refractivity contribution in [2.75, 3.05) is 13.7 Å². The SMILES string of the molecule is CCOc1cc(/C=N/NC(=O)c2ccc(C)cc2)ccc1OC. The lowest BCUT2D eigenvalue weighted by Crippen LogP contribution is -2.17. The van der Waals surface area contributed by atoms with Crippen molar-refractivity contribution in [1.82, 2.24) is 5.43 Å². The molecule has 0 atom stereocenters. The first kappa shape index (κ1) is 16.5. The number of hydrogen-bond donors (Lipinski definition) is 1. The molecule has 0 aliphatic heterocycles. The van der Waals surface area contributed by atoms with Gasteiger partial charge in [0.25, 0.3) is 5.91 Å². The Labute approximate surface area is 135 Å². The fraction of sp³-hybridized carbons (Fsp3) is 0.222. The van der Waals surface area contributed by atoms with Gasteiger partial charge in [-0.3, -0.25) is 4.79 Å². The third-order valence-corrected chi connectivity index (χ3v) is 3.18. The number of carbonyl (C=O) groups excluding carboxylic acids is 1. The van der Waals surface area contributed by atoms with Crippen molar-refractivity contribution in [1.29, 1.82) is 0 Å². The van der Waals surface area contributed by atoms with E-state index in [0.717, 1.165) is 11.1 Å². The molecular weight excluding hydrogens is 292 g/mol. The van der Waals surface area contributed by atoms with E-state index in [9.17, 15) is 4.79 Å². The van der Waals surface area contributed by atoms with Crippen LogP contribution in [-0.4, -0.2) is 25.8 Å². The van der Waals surface area contributed by atoms with Crippen molar-refractivity contribution in [3.05, 3.63) is 59.2 Å². The molecule has 2 aromatic rings. The van der Waals surface area contributed by atoms with E-state index in [1.807, 2.05) is 38.1 Å². The molecule has 0 saturated heterocycles. The molecule has 1 amide bonds. The van der Waals surface area contributed by atoms with Crippen LogP contribution in [0.5, 0.6) is 11.5 Å². The molecular formula is C18H20N2O3. The number of nitrogens with one attached hydrogen (secondary N) is 1. The van der Waals surface area contributed by atoms with Gasteiger partial charge in [0.15, 0.2) is 11.5 Å². The summed E-state index contributed by atoms with van der Waals surface area (Å²) in [7, 11) is 1.59. The molecule has 2 aromatic carbocycles. The van der Waals surface area contributed by atoms with Crippen molar-refractivity contribution in [2.24, 2.45) is 5.10 Å². The van der Waals surface area contributed by atoms with Gasteiger partial charge in [0.05, 0.1) is 19.9 Å². The summed E-state index contributed by atoms with van der Waals surface area (Å²) in [4.78, 5) is 11.9. The van der Waals surface area contributed by atoms with Crippen LogP contribution in [0.15, 0.2) is 47.6 Å². The number of rotatable bonds is 6. The van der Waals surface area contributed by atoms with Gasteiger partial charge in [0.2, 0.25) is 0 Å². The fourth-order valence-corrected chi connectivity index (χ4v) is 1.98. The Kier molecular flexibility index (Phi) is 5.74. The summed E-state index contributed by atoms with van der Waals surface area (Å²) in [5.74, 6) is 1.05. The molecule has 5 nitrogen and oxygen atoms in total.